The molecule has 6 heteroatoms. The van der Waals surface area contributed by atoms with Crippen LogP contribution >= 0.6 is 0 Å². The third-order valence-electron chi connectivity index (χ3n) is 7.14. The molecule has 1 fully saturated rings. The van der Waals surface area contributed by atoms with E-state index in [1.807, 2.05) is 43.3 Å². The fraction of sp³-hybridized carbons (Fsp3) is 0.333. The fourth-order valence-electron chi connectivity index (χ4n) is 5.10. The lowest BCUT2D eigenvalue weighted by atomic mass is 9.98. The predicted molar refractivity (Wildman–Crippen MR) is 141 cm³/mol. The topological polar surface area (TPSA) is 73.6 Å². The first-order valence-corrected chi connectivity index (χ1v) is 12.6. The molecule has 5 rings (SSSR count). The Hall–Kier alpha value is -3.80. The van der Waals surface area contributed by atoms with Gasteiger partial charge in [0.25, 0.3) is 0 Å². The van der Waals surface area contributed by atoms with Crippen LogP contribution in [0.3, 0.4) is 0 Å². The van der Waals surface area contributed by atoms with Crippen molar-refractivity contribution in [3.63, 3.8) is 0 Å². The molecule has 0 unspecified atom stereocenters. The van der Waals surface area contributed by atoms with Crippen molar-refractivity contribution in [2.75, 3.05) is 7.11 Å². The summed E-state index contributed by atoms with van der Waals surface area (Å²) in [6, 6.07) is 22.7. The molecule has 1 aromatic heterocycles. The number of fused-ring (bicyclic) bond motifs is 1. The third kappa shape index (κ3) is 5.08. The molecule has 1 saturated carbocycles. The lowest BCUT2D eigenvalue weighted by Gasteiger charge is -2.13. The standard InChI is InChI=1S/C30H32N2O4/c1-20(17-29(33)34)22-8-14-26(15-9-22)36-19-21-7-16-27-28(18-21)32(24-5-3-4-6-24)31-30(27)23-10-12-25(35-2)13-11-23/h7-16,18,20,24H,3-6,17,19H2,1-2H3,(H,33,34)/t20-/m0/s1. The molecule has 0 amide bonds. The number of carboxylic acid groups (broad SMARTS) is 1. The lowest BCUT2D eigenvalue weighted by molar-refractivity contribution is -0.137. The minimum Gasteiger partial charge on any atom is -0.497 e. The Kier molecular flexibility index (Phi) is 6.94. The van der Waals surface area contributed by atoms with E-state index in [2.05, 4.69) is 35.0 Å². The van der Waals surface area contributed by atoms with Gasteiger partial charge in [-0.15, -0.1) is 0 Å². The Morgan fingerprint density at radius 3 is 2.39 bits per heavy atom. The van der Waals surface area contributed by atoms with Crippen LogP contribution in [0.25, 0.3) is 22.2 Å². The summed E-state index contributed by atoms with van der Waals surface area (Å²) in [5.41, 5.74) is 5.31. The molecule has 1 N–H and O–H groups in total. The third-order valence-corrected chi connectivity index (χ3v) is 7.14. The number of carboxylic acids is 1. The predicted octanol–water partition coefficient (Wildman–Crippen LogP) is 6.98. The summed E-state index contributed by atoms with van der Waals surface area (Å²) >= 11 is 0. The molecular formula is C30H32N2O4. The van der Waals surface area contributed by atoms with Gasteiger partial charge < -0.3 is 14.6 Å². The molecule has 0 aliphatic heterocycles. The first kappa shape index (κ1) is 23.9. The van der Waals surface area contributed by atoms with Crippen LogP contribution in [-0.2, 0) is 11.4 Å². The number of hydrogen-bond donors (Lipinski definition) is 1. The van der Waals surface area contributed by atoms with Crippen molar-refractivity contribution >= 4 is 16.9 Å². The lowest BCUT2D eigenvalue weighted by Crippen LogP contribution is -2.06. The van der Waals surface area contributed by atoms with Crippen molar-refractivity contribution in [2.24, 2.45) is 0 Å². The highest BCUT2D eigenvalue weighted by Gasteiger charge is 2.22. The van der Waals surface area contributed by atoms with Gasteiger partial charge in [-0.25, -0.2) is 0 Å². The molecular weight excluding hydrogens is 452 g/mol. The minimum absolute atomic E-state index is 0.0327. The van der Waals surface area contributed by atoms with Crippen LogP contribution in [0.1, 0.15) is 62.1 Å². The fourth-order valence-corrected chi connectivity index (χ4v) is 5.10. The number of nitrogens with zero attached hydrogens (tertiary/aromatic N) is 2. The molecule has 3 aromatic carbocycles. The smallest absolute Gasteiger partial charge is 0.303 e. The van der Waals surface area contributed by atoms with Gasteiger partial charge in [0, 0.05) is 10.9 Å². The first-order valence-electron chi connectivity index (χ1n) is 12.6. The van der Waals surface area contributed by atoms with Gasteiger partial charge in [-0.3, -0.25) is 9.48 Å². The first-order chi connectivity index (χ1) is 17.5. The summed E-state index contributed by atoms with van der Waals surface area (Å²) in [5.74, 6) is 0.784. The average Bonchev–Trinajstić information content (AvgIpc) is 3.55. The molecule has 1 atom stereocenters. The Bertz CT molecular complexity index is 1340. The van der Waals surface area contributed by atoms with Gasteiger partial charge in [0.2, 0.25) is 0 Å². The highest BCUT2D eigenvalue weighted by atomic mass is 16.5. The van der Waals surface area contributed by atoms with Gasteiger partial charge in [-0.05, 0) is 72.4 Å². The zero-order chi connectivity index (χ0) is 25.1. The summed E-state index contributed by atoms with van der Waals surface area (Å²) in [6.45, 7) is 2.38. The maximum Gasteiger partial charge on any atom is 0.303 e. The van der Waals surface area contributed by atoms with E-state index in [0.717, 1.165) is 57.6 Å². The summed E-state index contributed by atoms with van der Waals surface area (Å²) in [4.78, 5) is 11.0. The SMILES string of the molecule is COc1ccc(-c2nn(C3CCCC3)c3cc(COc4ccc([C@@H](C)CC(=O)O)cc4)ccc23)cc1. The molecule has 0 bridgehead atoms. The molecule has 0 spiro atoms. The number of aliphatic carboxylic acids is 1. The quantitative estimate of drug-likeness (QED) is 0.277. The highest BCUT2D eigenvalue weighted by Crippen LogP contribution is 2.36. The number of benzene rings is 3. The van der Waals surface area contributed by atoms with Gasteiger partial charge >= 0.3 is 5.97 Å². The molecule has 36 heavy (non-hydrogen) atoms. The second kappa shape index (κ2) is 10.4. The number of carbonyl (C=O) groups is 1. The van der Waals surface area contributed by atoms with E-state index in [9.17, 15) is 4.79 Å². The molecule has 1 aliphatic rings. The van der Waals surface area contributed by atoms with Crippen molar-refractivity contribution in [2.45, 2.75) is 57.6 Å². The monoisotopic (exact) mass is 484 g/mol. The van der Waals surface area contributed by atoms with E-state index in [4.69, 9.17) is 19.7 Å². The Balaban J connectivity index is 1.39. The summed E-state index contributed by atoms with van der Waals surface area (Å²) in [7, 11) is 1.68. The van der Waals surface area contributed by atoms with Gasteiger partial charge in [-0.1, -0.05) is 44.0 Å². The zero-order valence-electron chi connectivity index (χ0n) is 20.8. The Labute approximate surface area is 211 Å². The molecule has 186 valence electrons. The van der Waals surface area contributed by atoms with Crippen molar-refractivity contribution < 1.29 is 19.4 Å². The molecule has 0 saturated heterocycles. The molecule has 1 aliphatic carbocycles. The molecule has 1 heterocycles. The normalized spacial score (nSPS) is 14.7. The maximum absolute atomic E-state index is 11.0. The molecule has 0 radical (unpaired) electrons. The number of rotatable bonds is 9. The summed E-state index contributed by atoms with van der Waals surface area (Å²) in [6.07, 6.45) is 4.92. The number of methoxy groups -OCH3 is 1. The summed E-state index contributed by atoms with van der Waals surface area (Å²) in [5, 5.41) is 15.3. The van der Waals surface area contributed by atoms with Crippen LogP contribution in [0.2, 0.25) is 0 Å². The number of ether oxygens (including phenoxy) is 2. The van der Waals surface area contributed by atoms with Crippen LogP contribution in [0, 0.1) is 0 Å². The van der Waals surface area contributed by atoms with Crippen molar-refractivity contribution in [3.8, 4) is 22.8 Å². The van der Waals surface area contributed by atoms with Gasteiger partial charge in [-0.2, -0.15) is 5.10 Å². The Morgan fingerprint density at radius 2 is 1.72 bits per heavy atom. The van der Waals surface area contributed by atoms with Crippen LogP contribution < -0.4 is 9.47 Å². The van der Waals surface area contributed by atoms with E-state index in [1.54, 1.807) is 7.11 Å². The van der Waals surface area contributed by atoms with E-state index in [0.29, 0.717) is 12.6 Å². The Morgan fingerprint density at radius 1 is 1.03 bits per heavy atom. The molecule has 4 aromatic rings. The van der Waals surface area contributed by atoms with E-state index < -0.39 is 5.97 Å². The van der Waals surface area contributed by atoms with Gasteiger partial charge in [0.05, 0.1) is 25.1 Å². The van der Waals surface area contributed by atoms with Crippen LogP contribution in [0.4, 0.5) is 0 Å². The molecule has 6 nitrogen and oxygen atoms in total. The van der Waals surface area contributed by atoms with Crippen molar-refractivity contribution in [1.82, 2.24) is 9.78 Å². The van der Waals surface area contributed by atoms with Crippen LogP contribution in [-0.4, -0.2) is 28.0 Å². The minimum atomic E-state index is -0.787. The second-order valence-electron chi connectivity index (χ2n) is 9.67. The van der Waals surface area contributed by atoms with Gasteiger partial charge in [0.1, 0.15) is 23.8 Å². The van der Waals surface area contributed by atoms with Crippen molar-refractivity contribution in [1.29, 1.82) is 0 Å². The van der Waals surface area contributed by atoms with Crippen LogP contribution in [0.15, 0.2) is 66.7 Å². The second-order valence-corrected chi connectivity index (χ2v) is 9.67. The number of aromatic nitrogens is 2. The average molecular weight is 485 g/mol. The number of hydrogen-bond acceptors (Lipinski definition) is 4. The highest BCUT2D eigenvalue weighted by molar-refractivity contribution is 5.94. The van der Waals surface area contributed by atoms with E-state index in [1.165, 1.54) is 12.8 Å². The summed E-state index contributed by atoms with van der Waals surface area (Å²) < 4.78 is 13.6. The van der Waals surface area contributed by atoms with Gasteiger partial charge in [0.15, 0.2) is 0 Å². The maximum atomic E-state index is 11.0. The van der Waals surface area contributed by atoms with Crippen LogP contribution in [0.5, 0.6) is 11.5 Å². The van der Waals surface area contributed by atoms with E-state index in [-0.39, 0.29) is 12.3 Å². The van der Waals surface area contributed by atoms with E-state index >= 15 is 0 Å². The zero-order valence-corrected chi connectivity index (χ0v) is 20.8. The van der Waals surface area contributed by atoms with Crippen molar-refractivity contribution in [3.05, 3.63) is 77.9 Å². The largest absolute Gasteiger partial charge is 0.497 e.